The number of allylic oxidation sites excluding steroid dienone is 1. The van der Waals surface area contributed by atoms with Gasteiger partial charge >= 0.3 is 0 Å². The zero-order valence-corrected chi connectivity index (χ0v) is 7.95. The summed E-state index contributed by atoms with van der Waals surface area (Å²) in [6.07, 6.45) is 9.22. The molecule has 0 heterocycles. The highest BCUT2D eigenvalue weighted by molar-refractivity contribution is 5.07. The fourth-order valence-corrected chi connectivity index (χ4v) is 2.88. The van der Waals surface area contributed by atoms with Gasteiger partial charge in [0, 0.05) is 12.5 Å². The van der Waals surface area contributed by atoms with Crippen LogP contribution in [0.5, 0.6) is 0 Å². The molecular weight excluding hydrogens is 164 g/mol. The number of rotatable bonds is 1. The molecule has 0 saturated heterocycles. The first-order valence-corrected chi connectivity index (χ1v) is 5.25. The van der Waals surface area contributed by atoms with Crippen LogP contribution in [-0.4, -0.2) is 22.4 Å². The number of fused-ring (bicyclic) bond motifs is 1. The van der Waals surface area contributed by atoms with E-state index in [1.165, 1.54) is 0 Å². The molecule has 2 rings (SSSR count). The van der Waals surface area contributed by atoms with Crippen LogP contribution >= 0.6 is 0 Å². The highest BCUT2D eigenvalue weighted by atomic mass is 16.3. The Morgan fingerprint density at radius 3 is 2.92 bits per heavy atom. The predicted molar refractivity (Wildman–Crippen MR) is 51.2 cm³/mol. The van der Waals surface area contributed by atoms with E-state index in [4.69, 9.17) is 0 Å². The Kier molecular flexibility index (Phi) is 2.43. The van der Waals surface area contributed by atoms with Gasteiger partial charge in [0.05, 0.1) is 5.60 Å². The van der Waals surface area contributed by atoms with E-state index in [2.05, 4.69) is 12.2 Å². The fraction of sp³-hybridized carbons (Fsp3) is 0.818. The standard InChI is InChI=1S/C11H18O2/c12-8-10-6-3-5-9-4-1-2-7-11(9,10)13/h1-2,9-10,12-13H,3-8H2. The van der Waals surface area contributed by atoms with Gasteiger partial charge in [-0.3, -0.25) is 0 Å². The van der Waals surface area contributed by atoms with Crippen LogP contribution in [0.1, 0.15) is 32.1 Å². The van der Waals surface area contributed by atoms with Gasteiger partial charge in [-0.05, 0) is 31.6 Å². The molecule has 74 valence electrons. The molecule has 2 N–H and O–H groups in total. The number of hydrogen-bond acceptors (Lipinski definition) is 2. The van der Waals surface area contributed by atoms with Crippen LogP contribution in [0.4, 0.5) is 0 Å². The van der Waals surface area contributed by atoms with Crippen molar-refractivity contribution in [3.63, 3.8) is 0 Å². The third kappa shape index (κ3) is 1.42. The Balaban J connectivity index is 2.20. The van der Waals surface area contributed by atoms with Crippen molar-refractivity contribution in [1.29, 1.82) is 0 Å². The minimum atomic E-state index is -0.595. The molecule has 3 atom stereocenters. The highest BCUT2D eigenvalue weighted by Crippen LogP contribution is 2.44. The zero-order chi connectivity index (χ0) is 9.31. The van der Waals surface area contributed by atoms with Crippen molar-refractivity contribution in [3.05, 3.63) is 12.2 Å². The maximum Gasteiger partial charge on any atom is 0.0762 e. The summed E-state index contributed by atoms with van der Waals surface area (Å²) in [6, 6.07) is 0. The summed E-state index contributed by atoms with van der Waals surface area (Å²) in [4.78, 5) is 0. The van der Waals surface area contributed by atoms with Crippen LogP contribution < -0.4 is 0 Å². The van der Waals surface area contributed by atoms with Crippen molar-refractivity contribution in [2.24, 2.45) is 11.8 Å². The summed E-state index contributed by atoms with van der Waals surface area (Å²) in [5, 5.41) is 19.7. The molecule has 3 unspecified atom stereocenters. The first-order chi connectivity index (χ1) is 6.27. The average Bonchev–Trinajstić information content (AvgIpc) is 2.16. The van der Waals surface area contributed by atoms with E-state index < -0.39 is 5.60 Å². The minimum absolute atomic E-state index is 0.108. The SMILES string of the molecule is OCC1CCCC2CC=CCC12O. The van der Waals surface area contributed by atoms with Gasteiger partial charge in [0.15, 0.2) is 0 Å². The van der Waals surface area contributed by atoms with Gasteiger partial charge in [0.1, 0.15) is 0 Å². The molecule has 2 aliphatic carbocycles. The third-order valence-corrected chi connectivity index (χ3v) is 3.77. The fourth-order valence-electron chi connectivity index (χ4n) is 2.88. The number of aliphatic hydroxyl groups excluding tert-OH is 1. The van der Waals surface area contributed by atoms with Crippen molar-refractivity contribution >= 4 is 0 Å². The molecule has 2 nitrogen and oxygen atoms in total. The Morgan fingerprint density at radius 1 is 1.31 bits per heavy atom. The Morgan fingerprint density at radius 2 is 2.15 bits per heavy atom. The van der Waals surface area contributed by atoms with E-state index in [-0.39, 0.29) is 12.5 Å². The van der Waals surface area contributed by atoms with Crippen LogP contribution in [0.3, 0.4) is 0 Å². The third-order valence-electron chi connectivity index (χ3n) is 3.77. The second kappa shape index (κ2) is 3.43. The van der Waals surface area contributed by atoms with Crippen molar-refractivity contribution in [1.82, 2.24) is 0 Å². The van der Waals surface area contributed by atoms with Crippen molar-refractivity contribution in [2.45, 2.75) is 37.7 Å². The maximum atomic E-state index is 10.4. The molecule has 1 fully saturated rings. The summed E-state index contributed by atoms with van der Waals surface area (Å²) < 4.78 is 0. The van der Waals surface area contributed by atoms with Gasteiger partial charge < -0.3 is 10.2 Å². The van der Waals surface area contributed by atoms with E-state index in [0.29, 0.717) is 5.92 Å². The molecule has 0 aliphatic heterocycles. The van der Waals surface area contributed by atoms with Gasteiger partial charge in [0.25, 0.3) is 0 Å². The van der Waals surface area contributed by atoms with Gasteiger partial charge in [-0.15, -0.1) is 0 Å². The molecule has 0 aromatic carbocycles. The molecule has 0 aromatic rings. The first-order valence-electron chi connectivity index (χ1n) is 5.25. The highest BCUT2D eigenvalue weighted by Gasteiger charge is 2.45. The molecule has 0 bridgehead atoms. The molecule has 1 saturated carbocycles. The Bertz CT molecular complexity index is 212. The quantitative estimate of drug-likeness (QED) is 0.603. The zero-order valence-electron chi connectivity index (χ0n) is 7.95. The van der Waals surface area contributed by atoms with E-state index in [9.17, 15) is 10.2 Å². The lowest BCUT2D eigenvalue weighted by atomic mass is 9.64. The lowest BCUT2D eigenvalue weighted by Gasteiger charge is -2.46. The summed E-state index contributed by atoms with van der Waals surface area (Å²) in [7, 11) is 0. The molecule has 13 heavy (non-hydrogen) atoms. The molecule has 2 heteroatoms. The summed E-state index contributed by atoms with van der Waals surface area (Å²) >= 11 is 0. The maximum absolute atomic E-state index is 10.4. The normalized spacial score (nSPS) is 44.5. The second-order valence-corrected chi connectivity index (χ2v) is 4.41. The van der Waals surface area contributed by atoms with E-state index in [1.807, 2.05) is 0 Å². The molecule has 0 spiro atoms. The number of hydrogen-bond donors (Lipinski definition) is 2. The number of aliphatic hydroxyl groups is 2. The van der Waals surface area contributed by atoms with Gasteiger partial charge in [0.2, 0.25) is 0 Å². The van der Waals surface area contributed by atoms with Crippen molar-refractivity contribution < 1.29 is 10.2 Å². The minimum Gasteiger partial charge on any atom is -0.396 e. The monoisotopic (exact) mass is 182 g/mol. The molecule has 0 amide bonds. The van der Waals surface area contributed by atoms with Gasteiger partial charge in [-0.2, -0.15) is 0 Å². The topological polar surface area (TPSA) is 40.5 Å². The van der Waals surface area contributed by atoms with Crippen LogP contribution in [0.25, 0.3) is 0 Å². The Labute approximate surface area is 79.3 Å². The van der Waals surface area contributed by atoms with Crippen LogP contribution in [-0.2, 0) is 0 Å². The summed E-state index contributed by atoms with van der Waals surface area (Å²) in [5.74, 6) is 0.500. The molecular formula is C11H18O2. The summed E-state index contributed by atoms with van der Waals surface area (Å²) in [5.41, 5.74) is -0.595. The van der Waals surface area contributed by atoms with Crippen molar-refractivity contribution in [3.8, 4) is 0 Å². The molecule has 0 aromatic heterocycles. The first kappa shape index (κ1) is 9.22. The van der Waals surface area contributed by atoms with Crippen LogP contribution in [0, 0.1) is 11.8 Å². The van der Waals surface area contributed by atoms with Crippen LogP contribution in [0.15, 0.2) is 12.2 Å². The molecule has 2 aliphatic rings. The van der Waals surface area contributed by atoms with E-state index in [0.717, 1.165) is 32.1 Å². The van der Waals surface area contributed by atoms with E-state index >= 15 is 0 Å². The predicted octanol–water partition coefficient (Wildman–Crippen LogP) is 1.48. The second-order valence-electron chi connectivity index (χ2n) is 4.41. The van der Waals surface area contributed by atoms with Crippen LogP contribution in [0.2, 0.25) is 0 Å². The average molecular weight is 182 g/mol. The summed E-state index contributed by atoms with van der Waals surface area (Å²) in [6.45, 7) is 0.140. The lowest BCUT2D eigenvalue weighted by molar-refractivity contribution is -0.109. The molecule has 0 radical (unpaired) electrons. The van der Waals surface area contributed by atoms with Gasteiger partial charge in [-0.1, -0.05) is 18.6 Å². The van der Waals surface area contributed by atoms with Crippen molar-refractivity contribution in [2.75, 3.05) is 6.61 Å². The smallest absolute Gasteiger partial charge is 0.0762 e. The van der Waals surface area contributed by atoms with E-state index in [1.54, 1.807) is 0 Å². The lowest BCUT2D eigenvalue weighted by Crippen LogP contribution is -2.50. The Hall–Kier alpha value is -0.340. The largest absolute Gasteiger partial charge is 0.396 e. The van der Waals surface area contributed by atoms with Gasteiger partial charge in [-0.25, -0.2) is 0 Å².